The normalized spacial score (nSPS) is 24.1. The summed E-state index contributed by atoms with van der Waals surface area (Å²) in [4.78, 5) is 3.84. The highest BCUT2D eigenvalue weighted by Crippen LogP contribution is 2.21. The molecule has 100 valence electrons. The highest BCUT2D eigenvalue weighted by atomic mass is 32.2. The lowest BCUT2D eigenvalue weighted by Gasteiger charge is -2.17. The number of nitrogens with two attached hydrogens (primary N) is 1. The minimum atomic E-state index is -3.65. The summed E-state index contributed by atoms with van der Waals surface area (Å²) in [6.45, 7) is 2.40. The van der Waals surface area contributed by atoms with Gasteiger partial charge in [-0.1, -0.05) is 0 Å². The molecule has 1 aromatic rings. The van der Waals surface area contributed by atoms with E-state index in [0.29, 0.717) is 18.7 Å². The van der Waals surface area contributed by atoms with Crippen LogP contribution >= 0.6 is 0 Å². The monoisotopic (exact) mass is 272 g/mol. The van der Waals surface area contributed by atoms with Crippen LogP contribution in [0.3, 0.4) is 0 Å². The summed E-state index contributed by atoms with van der Waals surface area (Å²) >= 11 is 0. The maximum Gasteiger partial charge on any atom is 0.244 e. The number of pyridine rings is 1. The molecule has 0 spiro atoms. The van der Waals surface area contributed by atoms with Crippen LogP contribution < -0.4 is 16.0 Å². The zero-order valence-corrected chi connectivity index (χ0v) is 10.8. The molecule has 1 aliphatic rings. The van der Waals surface area contributed by atoms with Gasteiger partial charge < -0.3 is 10.2 Å². The zero-order valence-electron chi connectivity index (χ0n) is 9.96. The number of rotatable bonds is 4. The largest absolute Gasteiger partial charge is 0.377 e. The summed E-state index contributed by atoms with van der Waals surface area (Å²) in [5.41, 5.74) is 2.66. The van der Waals surface area contributed by atoms with Gasteiger partial charge in [-0.05, 0) is 19.4 Å². The molecule has 8 heteroatoms. The molecular weight excluding hydrogens is 256 g/mol. The molecule has 1 aliphatic heterocycles. The second kappa shape index (κ2) is 5.19. The first-order chi connectivity index (χ1) is 8.54. The molecule has 0 aliphatic carbocycles. The molecule has 2 heterocycles. The fourth-order valence-corrected chi connectivity index (χ4v) is 3.31. The highest BCUT2D eigenvalue weighted by Gasteiger charge is 2.30. The lowest BCUT2D eigenvalue weighted by atomic mass is 10.2. The van der Waals surface area contributed by atoms with Crippen LogP contribution in [0.2, 0.25) is 0 Å². The number of hydrogen-bond donors (Lipinski definition) is 3. The van der Waals surface area contributed by atoms with Gasteiger partial charge in [0.15, 0.2) is 0 Å². The second-order valence-electron chi connectivity index (χ2n) is 4.11. The predicted molar refractivity (Wildman–Crippen MR) is 66.2 cm³/mol. The first-order valence-corrected chi connectivity index (χ1v) is 7.07. The van der Waals surface area contributed by atoms with Crippen molar-refractivity contribution in [3.63, 3.8) is 0 Å². The molecule has 1 saturated heterocycles. The number of aromatic nitrogens is 1. The fraction of sp³-hybridized carbons (Fsp3) is 0.500. The maximum absolute atomic E-state index is 12.2. The van der Waals surface area contributed by atoms with Crippen LogP contribution in [0.4, 0.5) is 5.69 Å². The van der Waals surface area contributed by atoms with Crippen LogP contribution in [-0.4, -0.2) is 32.2 Å². The first kappa shape index (κ1) is 13.2. The van der Waals surface area contributed by atoms with Crippen LogP contribution in [0, 0.1) is 0 Å². The van der Waals surface area contributed by atoms with Crippen molar-refractivity contribution in [2.75, 3.05) is 12.0 Å². The van der Waals surface area contributed by atoms with E-state index in [9.17, 15) is 8.42 Å². The van der Waals surface area contributed by atoms with Gasteiger partial charge >= 0.3 is 0 Å². The summed E-state index contributed by atoms with van der Waals surface area (Å²) in [5, 5.41) is 0. The Morgan fingerprint density at radius 2 is 2.33 bits per heavy atom. The van der Waals surface area contributed by atoms with Gasteiger partial charge in [-0.2, -0.15) is 0 Å². The number of hydrazine groups is 1. The van der Waals surface area contributed by atoms with E-state index in [1.54, 1.807) is 0 Å². The van der Waals surface area contributed by atoms with Crippen molar-refractivity contribution in [1.82, 2.24) is 9.71 Å². The van der Waals surface area contributed by atoms with Gasteiger partial charge in [-0.3, -0.25) is 10.8 Å². The Bertz CT molecular complexity index is 520. The zero-order chi connectivity index (χ0) is 13.2. The van der Waals surface area contributed by atoms with E-state index in [4.69, 9.17) is 10.6 Å². The van der Waals surface area contributed by atoms with Gasteiger partial charge in [0.1, 0.15) is 4.90 Å². The van der Waals surface area contributed by atoms with Crippen molar-refractivity contribution in [2.45, 2.75) is 30.4 Å². The van der Waals surface area contributed by atoms with Gasteiger partial charge in [0, 0.05) is 19.0 Å². The Morgan fingerprint density at radius 1 is 1.56 bits per heavy atom. The molecule has 0 radical (unpaired) electrons. The lowest BCUT2D eigenvalue weighted by Crippen LogP contribution is -2.39. The summed E-state index contributed by atoms with van der Waals surface area (Å²) < 4.78 is 32.4. The van der Waals surface area contributed by atoms with E-state index in [1.165, 1.54) is 18.5 Å². The van der Waals surface area contributed by atoms with Crippen molar-refractivity contribution in [3.8, 4) is 0 Å². The van der Waals surface area contributed by atoms with E-state index >= 15 is 0 Å². The number of nitrogens with one attached hydrogen (secondary N) is 2. The minimum absolute atomic E-state index is 0.0339. The number of nitrogen functional groups attached to an aromatic ring is 1. The van der Waals surface area contributed by atoms with Crippen molar-refractivity contribution in [3.05, 3.63) is 18.5 Å². The quantitative estimate of drug-likeness (QED) is 0.518. The van der Waals surface area contributed by atoms with E-state index in [0.717, 1.165) is 0 Å². The molecule has 0 saturated carbocycles. The Labute approximate surface area is 106 Å². The number of anilines is 1. The third-order valence-corrected chi connectivity index (χ3v) is 4.43. The number of nitrogens with zero attached hydrogens (tertiary/aromatic N) is 1. The molecule has 0 aromatic carbocycles. The fourth-order valence-electron chi connectivity index (χ4n) is 1.86. The molecule has 2 unspecified atom stereocenters. The van der Waals surface area contributed by atoms with E-state index in [1.807, 2.05) is 6.92 Å². The third-order valence-electron chi connectivity index (χ3n) is 2.91. The SMILES string of the molecule is CC1OCCC1NS(=O)(=O)c1cnccc1NN. The molecule has 0 amide bonds. The average molecular weight is 272 g/mol. The Kier molecular flexibility index (Phi) is 3.81. The Hall–Kier alpha value is -1.22. The summed E-state index contributed by atoms with van der Waals surface area (Å²) in [5.74, 6) is 5.29. The molecule has 2 atom stereocenters. The minimum Gasteiger partial charge on any atom is -0.377 e. The van der Waals surface area contributed by atoms with Crippen LogP contribution in [0.25, 0.3) is 0 Å². The van der Waals surface area contributed by atoms with Gasteiger partial charge in [0.25, 0.3) is 0 Å². The van der Waals surface area contributed by atoms with Crippen molar-refractivity contribution < 1.29 is 13.2 Å². The van der Waals surface area contributed by atoms with Crippen LogP contribution in [-0.2, 0) is 14.8 Å². The molecule has 4 N–H and O–H groups in total. The summed E-state index contributed by atoms with van der Waals surface area (Å²) in [6.07, 6.45) is 3.25. The van der Waals surface area contributed by atoms with Gasteiger partial charge in [0.05, 0.1) is 17.8 Å². The first-order valence-electron chi connectivity index (χ1n) is 5.59. The van der Waals surface area contributed by atoms with Crippen LogP contribution in [0.5, 0.6) is 0 Å². The topological polar surface area (TPSA) is 106 Å². The van der Waals surface area contributed by atoms with Crippen molar-refractivity contribution >= 4 is 15.7 Å². The summed E-state index contributed by atoms with van der Waals surface area (Å²) in [7, 11) is -3.65. The van der Waals surface area contributed by atoms with Crippen molar-refractivity contribution in [2.24, 2.45) is 5.84 Å². The van der Waals surface area contributed by atoms with Crippen LogP contribution in [0.15, 0.2) is 23.4 Å². The molecule has 1 aromatic heterocycles. The number of ether oxygens (including phenoxy) is 1. The lowest BCUT2D eigenvalue weighted by molar-refractivity contribution is 0.117. The summed E-state index contributed by atoms with van der Waals surface area (Å²) in [6, 6.07) is 1.28. The number of sulfonamides is 1. The molecule has 2 rings (SSSR count). The third kappa shape index (κ3) is 2.61. The van der Waals surface area contributed by atoms with Gasteiger partial charge in [-0.25, -0.2) is 13.1 Å². The maximum atomic E-state index is 12.2. The smallest absolute Gasteiger partial charge is 0.244 e. The van der Waals surface area contributed by atoms with E-state index in [2.05, 4.69) is 15.1 Å². The molecule has 18 heavy (non-hydrogen) atoms. The Morgan fingerprint density at radius 3 is 2.94 bits per heavy atom. The van der Waals surface area contributed by atoms with Crippen molar-refractivity contribution in [1.29, 1.82) is 0 Å². The standard InChI is InChI=1S/C10H16N4O3S/c1-7-8(3-5-17-7)14-18(15,16)10-6-12-4-2-9(10)13-11/h2,4,6-8,14H,3,5,11H2,1H3,(H,12,13). The second-order valence-corrected chi connectivity index (χ2v) is 5.79. The molecular formula is C10H16N4O3S. The van der Waals surface area contributed by atoms with E-state index in [-0.39, 0.29) is 17.0 Å². The van der Waals surface area contributed by atoms with Gasteiger partial charge in [0.2, 0.25) is 10.0 Å². The number of hydrogen-bond acceptors (Lipinski definition) is 6. The Balaban J connectivity index is 2.25. The van der Waals surface area contributed by atoms with Crippen LogP contribution in [0.1, 0.15) is 13.3 Å². The predicted octanol–water partition coefficient (Wildman–Crippen LogP) is -0.177. The highest BCUT2D eigenvalue weighted by molar-refractivity contribution is 7.89. The molecule has 0 bridgehead atoms. The molecule has 7 nitrogen and oxygen atoms in total. The molecule has 1 fully saturated rings. The average Bonchev–Trinajstić information content (AvgIpc) is 2.74. The van der Waals surface area contributed by atoms with Gasteiger partial charge in [-0.15, -0.1) is 0 Å². The van der Waals surface area contributed by atoms with E-state index < -0.39 is 10.0 Å².